The van der Waals surface area contributed by atoms with Crippen LogP contribution in [0.2, 0.25) is 0 Å². The number of rotatable bonds is 6. The van der Waals surface area contributed by atoms with Gasteiger partial charge in [0.2, 0.25) is 0 Å². The molecule has 0 amide bonds. The third-order valence-electron chi connectivity index (χ3n) is 5.04. The Balaban J connectivity index is 3.38. The molecule has 166 valence electrons. The Morgan fingerprint density at radius 1 is 1.20 bits per heavy atom. The summed E-state index contributed by atoms with van der Waals surface area (Å²) in [7, 11) is 0. The Labute approximate surface area is 180 Å². The number of aliphatic hydroxyl groups is 2. The monoisotopic (exact) mass is 416 g/mol. The summed E-state index contributed by atoms with van der Waals surface area (Å²) in [5.41, 5.74) is 0.344. The van der Waals surface area contributed by atoms with Crippen molar-refractivity contribution >= 4 is 11.8 Å². The van der Waals surface area contributed by atoms with Crippen LogP contribution in [0.4, 0.5) is 0 Å². The molecule has 0 aromatic heterocycles. The first-order chi connectivity index (χ1) is 13.9. The number of ketones is 1. The molecule has 0 spiro atoms. The highest BCUT2D eigenvalue weighted by molar-refractivity contribution is 6.04. The molecule has 0 heterocycles. The van der Waals surface area contributed by atoms with Gasteiger partial charge in [0.25, 0.3) is 0 Å². The lowest BCUT2D eigenvalue weighted by molar-refractivity contribution is -0.148. The fourth-order valence-corrected chi connectivity index (χ4v) is 3.06. The molecule has 3 atom stereocenters. The van der Waals surface area contributed by atoms with Crippen LogP contribution in [0.25, 0.3) is 0 Å². The standard InChI is InChI=1S/C25H36O5/c1-18(2)8-7-12-24(5)13-9-20(17-26)21(27)10-15-25(6,29)22(11-14-24)30-23(28)16-19(3)4/h8-11,14-16,22,26,29H,7,12-13,17H2,1-6H3/b14-11+,15-10-,20-9-/t22-,24+,25-/m1/s1. The Morgan fingerprint density at radius 2 is 1.87 bits per heavy atom. The highest BCUT2D eigenvalue weighted by atomic mass is 16.6. The smallest absolute Gasteiger partial charge is 0.331 e. The van der Waals surface area contributed by atoms with Crippen LogP contribution in [0.1, 0.15) is 60.8 Å². The van der Waals surface area contributed by atoms with Crippen molar-refractivity contribution < 1.29 is 24.5 Å². The van der Waals surface area contributed by atoms with E-state index in [9.17, 15) is 19.8 Å². The minimum atomic E-state index is -1.59. The average Bonchev–Trinajstić information content (AvgIpc) is 2.63. The molecule has 1 aliphatic rings. The van der Waals surface area contributed by atoms with Crippen LogP contribution < -0.4 is 0 Å². The van der Waals surface area contributed by atoms with Crippen LogP contribution in [-0.2, 0) is 14.3 Å². The number of esters is 1. The van der Waals surface area contributed by atoms with Gasteiger partial charge in [0.05, 0.1) is 6.61 Å². The molecule has 2 N–H and O–H groups in total. The SMILES string of the molecule is CC(C)=CCC[C@]1(C)/C=C/[C@@H](OC(=O)C=C(C)C)[C@](C)(O)/C=C\C(=O)/C(CO)=C\C1. The maximum atomic E-state index is 12.5. The molecule has 5 heteroatoms. The maximum Gasteiger partial charge on any atom is 0.331 e. The van der Waals surface area contributed by atoms with Crippen molar-refractivity contribution in [3.63, 3.8) is 0 Å². The van der Waals surface area contributed by atoms with Gasteiger partial charge < -0.3 is 14.9 Å². The van der Waals surface area contributed by atoms with Crippen molar-refractivity contribution in [1.29, 1.82) is 0 Å². The van der Waals surface area contributed by atoms with Gasteiger partial charge in [0.1, 0.15) is 5.60 Å². The van der Waals surface area contributed by atoms with E-state index in [0.717, 1.165) is 18.4 Å². The van der Waals surface area contributed by atoms with Crippen molar-refractivity contribution in [1.82, 2.24) is 0 Å². The molecular formula is C25H36O5. The molecular weight excluding hydrogens is 380 g/mol. The van der Waals surface area contributed by atoms with E-state index in [2.05, 4.69) is 6.08 Å². The summed E-state index contributed by atoms with van der Waals surface area (Å²) in [5.74, 6) is -0.930. The van der Waals surface area contributed by atoms with Gasteiger partial charge in [-0.2, -0.15) is 0 Å². The van der Waals surface area contributed by atoms with Crippen LogP contribution in [0, 0.1) is 5.41 Å². The molecule has 0 radical (unpaired) electrons. The third-order valence-corrected chi connectivity index (χ3v) is 5.04. The first-order valence-corrected chi connectivity index (χ1v) is 10.3. The van der Waals surface area contributed by atoms with E-state index in [-0.39, 0.29) is 23.4 Å². The van der Waals surface area contributed by atoms with E-state index >= 15 is 0 Å². The second-order valence-electron chi connectivity index (χ2n) is 8.93. The third kappa shape index (κ3) is 8.64. The Kier molecular flexibility index (Phi) is 9.66. The zero-order valence-electron chi connectivity index (χ0n) is 19.1. The molecule has 0 unspecified atom stereocenters. The molecule has 0 fully saturated rings. The summed E-state index contributed by atoms with van der Waals surface area (Å²) >= 11 is 0. The molecule has 0 bridgehead atoms. The zero-order valence-corrected chi connectivity index (χ0v) is 19.1. The lowest BCUT2D eigenvalue weighted by Gasteiger charge is -2.29. The van der Waals surface area contributed by atoms with Crippen molar-refractivity contribution in [2.45, 2.75) is 72.5 Å². The van der Waals surface area contributed by atoms with Gasteiger partial charge in [-0.15, -0.1) is 0 Å². The van der Waals surface area contributed by atoms with E-state index in [1.165, 1.54) is 30.7 Å². The Morgan fingerprint density at radius 3 is 2.43 bits per heavy atom. The predicted octanol–water partition coefficient (Wildman–Crippen LogP) is 4.37. The Hall–Kier alpha value is -2.24. The minimum absolute atomic E-state index is 0.281. The summed E-state index contributed by atoms with van der Waals surface area (Å²) in [4.78, 5) is 24.7. The average molecular weight is 417 g/mol. The van der Waals surface area contributed by atoms with Crippen LogP contribution in [-0.4, -0.2) is 40.3 Å². The second-order valence-corrected chi connectivity index (χ2v) is 8.93. The van der Waals surface area contributed by atoms with Crippen molar-refractivity contribution in [3.05, 3.63) is 59.3 Å². The highest BCUT2D eigenvalue weighted by Crippen LogP contribution is 2.33. The quantitative estimate of drug-likeness (QED) is 0.382. The summed E-state index contributed by atoms with van der Waals surface area (Å²) in [6.45, 7) is 10.8. The number of hydrogen-bond acceptors (Lipinski definition) is 5. The molecule has 0 saturated carbocycles. The van der Waals surface area contributed by atoms with E-state index in [4.69, 9.17) is 4.74 Å². The summed E-state index contributed by atoms with van der Waals surface area (Å²) in [5, 5.41) is 20.6. The van der Waals surface area contributed by atoms with E-state index in [0.29, 0.717) is 6.42 Å². The van der Waals surface area contributed by atoms with Crippen LogP contribution in [0.5, 0.6) is 0 Å². The predicted molar refractivity (Wildman–Crippen MR) is 120 cm³/mol. The normalized spacial score (nSPS) is 30.9. The Bertz CT molecular complexity index is 771. The molecule has 0 aliphatic heterocycles. The first-order valence-electron chi connectivity index (χ1n) is 10.3. The topological polar surface area (TPSA) is 83.8 Å². The number of aliphatic hydroxyl groups excluding tert-OH is 1. The summed E-state index contributed by atoms with van der Waals surface area (Å²) < 4.78 is 5.52. The largest absolute Gasteiger partial charge is 0.452 e. The molecule has 0 saturated heterocycles. The number of ether oxygens (including phenoxy) is 1. The molecule has 30 heavy (non-hydrogen) atoms. The minimum Gasteiger partial charge on any atom is -0.452 e. The molecule has 1 rings (SSSR count). The first kappa shape index (κ1) is 25.8. The lowest BCUT2D eigenvalue weighted by atomic mass is 9.80. The van der Waals surface area contributed by atoms with Crippen molar-refractivity contribution in [2.75, 3.05) is 6.61 Å². The van der Waals surface area contributed by atoms with Gasteiger partial charge in [0.15, 0.2) is 11.9 Å². The van der Waals surface area contributed by atoms with Crippen molar-refractivity contribution in [2.24, 2.45) is 5.41 Å². The van der Waals surface area contributed by atoms with Crippen molar-refractivity contribution in [3.8, 4) is 0 Å². The highest BCUT2D eigenvalue weighted by Gasteiger charge is 2.32. The van der Waals surface area contributed by atoms with Gasteiger partial charge in [-0.1, -0.05) is 36.3 Å². The molecule has 0 aromatic carbocycles. The van der Waals surface area contributed by atoms with Gasteiger partial charge in [-0.25, -0.2) is 4.79 Å². The summed E-state index contributed by atoms with van der Waals surface area (Å²) in [6.07, 6.45) is 12.7. The number of allylic oxidation sites excluding steroid dienone is 6. The van der Waals surface area contributed by atoms with Gasteiger partial charge in [0, 0.05) is 11.6 Å². The molecule has 1 aliphatic carbocycles. The van der Waals surface area contributed by atoms with Gasteiger partial charge >= 0.3 is 5.97 Å². The van der Waals surface area contributed by atoms with E-state index in [1.54, 1.807) is 26.0 Å². The molecule has 0 aromatic rings. The van der Waals surface area contributed by atoms with Crippen LogP contribution in [0.3, 0.4) is 0 Å². The van der Waals surface area contributed by atoms with Gasteiger partial charge in [-0.3, -0.25) is 4.79 Å². The lowest BCUT2D eigenvalue weighted by Crippen LogP contribution is -2.39. The zero-order chi connectivity index (χ0) is 22.9. The molecule has 5 nitrogen and oxygen atoms in total. The maximum absolute atomic E-state index is 12.5. The number of hydrogen-bond donors (Lipinski definition) is 2. The number of carbonyl (C=O) groups is 2. The number of carbonyl (C=O) groups excluding carboxylic acids is 2. The fraction of sp³-hybridized carbons (Fsp3) is 0.520. The second kappa shape index (κ2) is 11.2. The van der Waals surface area contributed by atoms with Crippen LogP contribution in [0.15, 0.2) is 59.3 Å². The van der Waals surface area contributed by atoms with Crippen LogP contribution >= 0.6 is 0 Å². The van der Waals surface area contributed by atoms with E-state index in [1.807, 2.05) is 26.8 Å². The summed E-state index contributed by atoms with van der Waals surface area (Å²) in [6, 6.07) is 0. The fourth-order valence-electron chi connectivity index (χ4n) is 3.06. The van der Waals surface area contributed by atoms with Gasteiger partial charge in [-0.05, 0) is 77.5 Å². The van der Waals surface area contributed by atoms with E-state index < -0.39 is 17.7 Å².